The Labute approximate surface area is 109 Å². The summed E-state index contributed by atoms with van der Waals surface area (Å²) in [6, 6.07) is 7.45. The normalized spacial score (nSPS) is 10.7. The lowest BCUT2D eigenvalue weighted by Crippen LogP contribution is -2.24. The molecule has 1 aromatic rings. The molecule has 1 aromatic carbocycles. The van der Waals surface area contributed by atoms with Crippen molar-refractivity contribution in [1.29, 1.82) is 0 Å². The van der Waals surface area contributed by atoms with Gasteiger partial charge < -0.3 is 15.5 Å². The number of anilines is 2. The molecule has 2 amide bonds. The van der Waals surface area contributed by atoms with Gasteiger partial charge in [-0.15, -0.1) is 0 Å². The van der Waals surface area contributed by atoms with Gasteiger partial charge in [-0.3, -0.25) is 0 Å². The number of carbonyl (C=O) groups excluding carboxylic acids is 1. The van der Waals surface area contributed by atoms with Gasteiger partial charge in [0.2, 0.25) is 0 Å². The second-order valence-corrected chi connectivity index (χ2v) is 4.65. The van der Waals surface area contributed by atoms with Crippen LogP contribution in [0.4, 0.5) is 16.2 Å². The van der Waals surface area contributed by atoms with Crippen LogP contribution in [0, 0.1) is 5.92 Å². The second-order valence-electron chi connectivity index (χ2n) is 4.65. The number of benzene rings is 1. The maximum Gasteiger partial charge on any atom is 0.323 e. The molecular weight excluding hydrogens is 226 g/mol. The van der Waals surface area contributed by atoms with Gasteiger partial charge in [0.1, 0.15) is 0 Å². The van der Waals surface area contributed by atoms with Crippen LogP contribution in [-0.2, 0) is 0 Å². The quantitative estimate of drug-likeness (QED) is 0.859. The van der Waals surface area contributed by atoms with E-state index in [2.05, 4.69) is 24.5 Å². The average molecular weight is 247 g/mol. The van der Waals surface area contributed by atoms with E-state index in [0.29, 0.717) is 5.92 Å². The highest BCUT2D eigenvalue weighted by molar-refractivity contribution is 5.90. The zero-order valence-corrected chi connectivity index (χ0v) is 11.4. The fourth-order valence-electron chi connectivity index (χ4n) is 1.35. The summed E-state index contributed by atoms with van der Waals surface area (Å²) in [6.07, 6.45) is 3.59. The Kier molecular flexibility index (Phi) is 5.24. The van der Waals surface area contributed by atoms with E-state index < -0.39 is 0 Å². The summed E-state index contributed by atoms with van der Waals surface area (Å²) in [5.74, 6) is 0.419. The van der Waals surface area contributed by atoms with Gasteiger partial charge in [0.15, 0.2) is 0 Å². The van der Waals surface area contributed by atoms with E-state index in [1.165, 1.54) is 0 Å². The molecule has 0 radical (unpaired) electrons. The molecule has 2 N–H and O–H groups in total. The van der Waals surface area contributed by atoms with Crippen LogP contribution in [0.5, 0.6) is 0 Å². The summed E-state index contributed by atoms with van der Waals surface area (Å²) in [4.78, 5) is 13.6. The molecular formula is C14H21N3O. The van der Waals surface area contributed by atoms with E-state index in [1.807, 2.05) is 49.3 Å². The van der Waals surface area contributed by atoms with Gasteiger partial charge in [-0.2, -0.15) is 0 Å². The number of carbonyl (C=O) groups is 1. The van der Waals surface area contributed by atoms with Crippen LogP contribution in [0.2, 0.25) is 0 Å². The summed E-state index contributed by atoms with van der Waals surface area (Å²) < 4.78 is 0. The van der Waals surface area contributed by atoms with Gasteiger partial charge in [-0.1, -0.05) is 26.0 Å². The first kappa shape index (κ1) is 14.1. The summed E-state index contributed by atoms with van der Waals surface area (Å²) in [7, 11) is 3.93. The first-order chi connectivity index (χ1) is 8.49. The summed E-state index contributed by atoms with van der Waals surface area (Å²) in [6.45, 7) is 4.10. The van der Waals surface area contributed by atoms with Crippen molar-refractivity contribution in [3.8, 4) is 0 Å². The first-order valence-corrected chi connectivity index (χ1v) is 6.00. The minimum Gasteiger partial charge on any atom is -0.378 e. The highest BCUT2D eigenvalue weighted by Gasteiger charge is 2.01. The average Bonchev–Trinajstić information content (AvgIpc) is 2.28. The van der Waals surface area contributed by atoms with Gasteiger partial charge >= 0.3 is 6.03 Å². The maximum atomic E-state index is 11.6. The largest absolute Gasteiger partial charge is 0.378 e. The number of hydrogen-bond donors (Lipinski definition) is 2. The van der Waals surface area contributed by atoms with E-state index in [9.17, 15) is 4.79 Å². The lowest BCUT2D eigenvalue weighted by molar-refractivity contribution is 0.255. The summed E-state index contributed by atoms with van der Waals surface area (Å²) in [5, 5.41) is 5.45. The third-order valence-corrected chi connectivity index (χ3v) is 2.32. The molecule has 0 aliphatic rings. The molecule has 98 valence electrons. The fourth-order valence-corrected chi connectivity index (χ4v) is 1.35. The molecule has 0 aliphatic heterocycles. The SMILES string of the molecule is CC(C)/C=C/NC(=O)Nc1cccc(N(C)C)c1. The van der Waals surface area contributed by atoms with Crippen molar-refractivity contribution in [3.63, 3.8) is 0 Å². The van der Waals surface area contributed by atoms with Crippen LogP contribution in [-0.4, -0.2) is 20.1 Å². The molecule has 1 rings (SSSR count). The lowest BCUT2D eigenvalue weighted by Gasteiger charge is -2.13. The van der Waals surface area contributed by atoms with Crippen molar-refractivity contribution >= 4 is 17.4 Å². The number of nitrogens with zero attached hydrogens (tertiary/aromatic N) is 1. The molecule has 0 fully saturated rings. The Hall–Kier alpha value is -1.97. The zero-order chi connectivity index (χ0) is 13.5. The van der Waals surface area contributed by atoms with Crippen molar-refractivity contribution in [3.05, 3.63) is 36.5 Å². The molecule has 0 bridgehead atoms. The molecule has 0 saturated heterocycles. The molecule has 18 heavy (non-hydrogen) atoms. The number of nitrogens with one attached hydrogen (secondary N) is 2. The Morgan fingerprint density at radius 3 is 2.67 bits per heavy atom. The van der Waals surface area contributed by atoms with Gasteiger partial charge in [-0.25, -0.2) is 4.79 Å². The molecule has 0 saturated carbocycles. The van der Waals surface area contributed by atoms with Crippen LogP contribution < -0.4 is 15.5 Å². The predicted molar refractivity (Wildman–Crippen MR) is 76.9 cm³/mol. The fraction of sp³-hybridized carbons (Fsp3) is 0.357. The number of hydrogen-bond acceptors (Lipinski definition) is 2. The lowest BCUT2D eigenvalue weighted by atomic mass is 10.2. The zero-order valence-electron chi connectivity index (χ0n) is 11.4. The molecule has 0 aliphatic carbocycles. The molecule has 4 nitrogen and oxygen atoms in total. The molecule has 0 heterocycles. The van der Waals surface area contributed by atoms with Crippen LogP contribution in [0.15, 0.2) is 36.5 Å². The van der Waals surface area contributed by atoms with Crippen molar-refractivity contribution in [1.82, 2.24) is 5.32 Å². The topological polar surface area (TPSA) is 44.4 Å². The second kappa shape index (κ2) is 6.69. The Morgan fingerprint density at radius 1 is 1.33 bits per heavy atom. The van der Waals surface area contributed by atoms with Crippen LogP contribution in [0.3, 0.4) is 0 Å². The smallest absolute Gasteiger partial charge is 0.323 e. The number of rotatable bonds is 4. The van der Waals surface area contributed by atoms with Crippen LogP contribution >= 0.6 is 0 Å². The number of amides is 2. The van der Waals surface area contributed by atoms with E-state index in [0.717, 1.165) is 11.4 Å². The molecule has 0 atom stereocenters. The standard InChI is InChI=1S/C14H21N3O/c1-11(2)8-9-15-14(18)16-12-6-5-7-13(10-12)17(3)4/h5-11H,1-4H3,(H2,15,16,18)/b9-8+. The van der Waals surface area contributed by atoms with Crippen LogP contribution in [0.25, 0.3) is 0 Å². The molecule has 0 aromatic heterocycles. The van der Waals surface area contributed by atoms with Crippen molar-refractivity contribution < 1.29 is 4.79 Å². The van der Waals surface area contributed by atoms with E-state index in [4.69, 9.17) is 0 Å². The highest BCUT2D eigenvalue weighted by Crippen LogP contribution is 2.16. The van der Waals surface area contributed by atoms with Gasteiger partial charge in [0, 0.05) is 31.7 Å². The Morgan fingerprint density at radius 2 is 2.06 bits per heavy atom. The predicted octanol–water partition coefficient (Wildman–Crippen LogP) is 3.04. The third-order valence-electron chi connectivity index (χ3n) is 2.32. The molecule has 4 heteroatoms. The molecule has 0 spiro atoms. The highest BCUT2D eigenvalue weighted by atomic mass is 16.2. The van der Waals surface area contributed by atoms with Crippen molar-refractivity contribution in [2.45, 2.75) is 13.8 Å². The van der Waals surface area contributed by atoms with Crippen molar-refractivity contribution in [2.24, 2.45) is 5.92 Å². The monoisotopic (exact) mass is 247 g/mol. The van der Waals surface area contributed by atoms with Crippen molar-refractivity contribution in [2.75, 3.05) is 24.3 Å². The number of urea groups is 1. The van der Waals surface area contributed by atoms with Gasteiger partial charge in [0.05, 0.1) is 0 Å². The van der Waals surface area contributed by atoms with E-state index in [1.54, 1.807) is 6.20 Å². The molecule has 0 unspecified atom stereocenters. The Bertz CT molecular complexity index is 425. The summed E-state index contributed by atoms with van der Waals surface area (Å²) in [5.41, 5.74) is 1.82. The summed E-state index contributed by atoms with van der Waals surface area (Å²) >= 11 is 0. The minimum absolute atomic E-state index is 0.234. The van der Waals surface area contributed by atoms with Gasteiger partial charge in [-0.05, 0) is 24.1 Å². The van der Waals surface area contributed by atoms with Crippen LogP contribution in [0.1, 0.15) is 13.8 Å². The maximum absolute atomic E-state index is 11.6. The third kappa shape index (κ3) is 4.91. The minimum atomic E-state index is -0.234. The van der Waals surface area contributed by atoms with E-state index in [-0.39, 0.29) is 6.03 Å². The van der Waals surface area contributed by atoms with Gasteiger partial charge in [0.25, 0.3) is 0 Å². The van der Waals surface area contributed by atoms with E-state index >= 15 is 0 Å². The Balaban J connectivity index is 2.56. The first-order valence-electron chi connectivity index (χ1n) is 6.00. The number of allylic oxidation sites excluding steroid dienone is 1.